The summed E-state index contributed by atoms with van der Waals surface area (Å²) < 4.78 is 61.0. The van der Waals surface area contributed by atoms with Crippen LogP contribution >= 0.6 is 11.6 Å². The van der Waals surface area contributed by atoms with Crippen molar-refractivity contribution in [2.75, 3.05) is 101 Å². The van der Waals surface area contributed by atoms with Gasteiger partial charge >= 0.3 is 0 Å². The van der Waals surface area contributed by atoms with Gasteiger partial charge in [0.1, 0.15) is 79.1 Å². The molecule has 0 bridgehead atoms. The van der Waals surface area contributed by atoms with Gasteiger partial charge in [-0.3, -0.25) is 59.1 Å². The fraction of sp³-hybridized carbons (Fsp3) is 0.531. The Kier molecular flexibility index (Phi) is 42.2. The van der Waals surface area contributed by atoms with Crippen LogP contribution in [0.4, 0.5) is 13.2 Å². The SMILES string of the molecule is CC(C)[C@H]1NC(=O)[C@@H](Cc2cc(F)c(O)c(F)c2)N[C@@H](C)COc2ccccc2C[C@H](C)CNC(=O)[C@H](CN(C)C)NC1=O.CC(C)[C@H]1NC(=O)[C@@H](Cc2ccc(O)c(Cl)c2)N[C@@H](C)COc2ccccc2C[C@H](C)CNC(=O)[C@H](CN(C)C)NC1=O.CC(C)[C@H]1NC(=O)[C@@H](Cc2ccc(O)c(F)c2)N[C@@H](C)COc2ccccc2C[C@H](C)CNC(=O)[C@H](CN(C)C)NC1=O. The molecule has 0 aromatic heterocycles. The van der Waals surface area contributed by atoms with Crippen molar-refractivity contribution in [1.29, 1.82) is 0 Å². The lowest BCUT2D eigenvalue weighted by atomic mass is 9.99. The number of hydrogen-bond donors (Lipinski definition) is 15. The number of fused-ring (bicyclic) bond motifs is 3. The smallest absolute Gasteiger partial charge is 0.243 e. The minimum absolute atomic E-state index is 0.0462. The lowest BCUT2D eigenvalue weighted by molar-refractivity contribution is -0.133. The highest BCUT2D eigenvalue weighted by molar-refractivity contribution is 6.32. The van der Waals surface area contributed by atoms with Gasteiger partial charge in [0.05, 0.1) is 23.1 Å². The summed E-state index contributed by atoms with van der Waals surface area (Å²) in [7, 11) is 10.9. The first-order valence-electron chi connectivity index (χ1n) is 44.5. The monoisotopic (exact) mass is 1830 g/mol. The molecule has 130 heavy (non-hydrogen) atoms. The van der Waals surface area contributed by atoms with Crippen LogP contribution in [0.25, 0.3) is 0 Å². The molecule has 0 radical (unpaired) electrons. The van der Waals surface area contributed by atoms with Gasteiger partial charge in [-0.25, -0.2) is 13.2 Å². The van der Waals surface area contributed by atoms with E-state index in [0.717, 1.165) is 45.9 Å². The summed E-state index contributed by atoms with van der Waals surface area (Å²) in [6.07, 6.45) is 2.18. The molecule has 15 N–H and O–H groups in total. The first-order chi connectivity index (χ1) is 61.4. The number of amides is 9. The lowest BCUT2D eigenvalue weighted by Gasteiger charge is -2.29. The Balaban J connectivity index is 0.000000267. The largest absolute Gasteiger partial charge is 0.506 e. The Morgan fingerprint density at radius 1 is 0.362 bits per heavy atom. The van der Waals surface area contributed by atoms with Crippen molar-refractivity contribution in [3.8, 4) is 34.5 Å². The number of para-hydroxylation sites is 3. The number of phenols is 3. The highest BCUT2D eigenvalue weighted by Gasteiger charge is 2.38. The van der Waals surface area contributed by atoms with E-state index in [0.29, 0.717) is 63.4 Å². The Morgan fingerprint density at radius 3 is 0.938 bits per heavy atom. The van der Waals surface area contributed by atoms with Crippen molar-refractivity contribution in [1.82, 2.24) is 78.5 Å². The molecule has 3 aliphatic rings. The number of hydrogen-bond acceptors (Lipinski definition) is 21. The van der Waals surface area contributed by atoms with Crippen LogP contribution in [-0.4, -0.2) is 257 Å². The van der Waals surface area contributed by atoms with Crippen LogP contribution in [0.1, 0.15) is 116 Å². The summed E-state index contributed by atoms with van der Waals surface area (Å²) in [6.45, 7) is 25.3. The molecule has 9 amide bonds. The van der Waals surface area contributed by atoms with E-state index in [1.165, 1.54) is 18.2 Å². The number of rotatable bonds is 15. The number of carbonyl (C=O) groups is 9. The van der Waals surface area contributed by atoms with Crippen LogP contribution in [0.3, 0.4) is 0 Å². The van der Waals surface area contributed by atoms with Gasteiger partial charge in [0.25, 0.3) is 0 Å². The molecule has 3 aliphatic heterocycles. The second-order valence-corrected chi connectivity index (χ2v) is 36.9. The molecule has 6 aromatic carbocycles. The van der Waals surface area contributed by atoms with Crippen LogP contribution in [0, 0.1) is 53.0 Å². The molecule has 0 saturated heterocycles. The van der Waals surface area contributed by atoms with E-state index >= 15 is 0 Å². The predicted octanol–water partition coefficient (Wildman–Crippen LogP) is 6.64. The van der Waals surface area contributed by atoms with E-state index in [9.17, 15) is 71.6 Å². The zero-order valence-electron chi connectivity index (χ0n) is 78.1. The number of ether oxygens (including phenoxy) is 3. The maximum absolute atomic E-state index is 14.2. The van der Waals surface area contributed by atoms with Crippen molar-refractivity contribution in [3.63, 3.8) is 0 Å². The summed E-state index contributed by atoms with van der Waals surface area (Å²) in [4.78, 5) is 127. The molecule has 34 heteroatoms. The fourth-order valence-electron chi connectivity index (χ4n) is 15.1. The topological polar surface area (TPSA) is 396 Å². The Labute approximate surface area is 767 Å². The van der Waals surface area contributed by atoms with Gasteiger partial charge in [-0.1, -0.05) is 141 Å². The van der Waals surface area contributed by atoms with E-state index < -0.39 is 119 Å². The Bertz CT molecular complexity index is 4530. The standard InChI is InChI=1S/C32H46ClN5O5.C32H45F2N5O5.C32H46FN5O5/c1-19(2)29-32(42)36-26(17-38(5)6)30(40)34-16-20(3)13-23-9-7-8-10-28(23)43-18-21(4)35-25(31(41)37-29)15-22-11-12-27(39)24(33)14-22;1-18(2)28-32(43)37-26(16-39(5)6)30(41)35-15-19(3)11-22-9-7-8-10-27(22)44-17-20(4)36-25(31(42)38-28)14-21-12-23(33)29(40)24(34)13-21;1-19(2)29-32(42)36-26(17-38(5)6)30(40)34-16-20(3)13-23-9-7-8-10-28(23)43-18-21(4)35-25(31(41)37-29)15-22-11-12-27(39)24(33)14-22/h7-12,14,19-21,25-26,29,35,39H,13,15-18H2,1-6H3,(H,34,40)(H,36,42)(H,37,41);7-10,12-13,18-20,25-26,28,36,40H,11,14-17H2,1-6H3,(H,35,41)(H,37,43)(H,38,42);7-12,14,19-21,25-26,29,35,39H,13,15-18H2,1-6H3,(H,34,40)(H,36,42)(H,37,41)/t20-,21-,25+,26-,29+;19-,20-,25+,26-,28+;20-,21-,25+,26-,29+/m000/s1. The lowest BCUT2D eigenvalue weighted by Crippen LogP contribution is -2.60. The van der Waals surface area contributed by atoms with Gasteiger partial charge in [-0.2, -0.15) is 0 Å². The van der Waals surface area contributed by atoms with Gasteiger partial charge < -0.3 is 92.1 Å². The van der Waals surface area contributed by atoms with Crippen molar-refractivity contribution < 1.29 is 85.9 Å². The number of likely N-dealkylation sites (N-methyl/N-ethyl adjacent to an activating group) is 3. The van der Waals surface area contributed by atoms with Crippen LogP contribution in [-0.2, 0) is 81.7 Å². The summed E-state index contributed by atoms with van der Waals surface area (Å²) in [5, 5.41) is 65.1. The first kappa shape index (κ1) is 106. The molecule has 3 heterocycles. The molecule has 15 atom stereocenters. The quantitative estimate of drug-likeness (QED) is 0.0512. The Hall–Kier alpha value is -10.8. The summed E-state index contributed by atoms with van der Waals surface area (Å²) in [5.74, 6) is -6.99. The van der Waals surface area contributed by atoms with Gasteiger partial charge in [-0.05, 0) is 225 Å². The molecule has 714 valence electrons. The molecule has 6 aromatic rings. The third kappa shape index (κ3) is 34.5. The van der Waals surface area contributed by atoms with E-state index in [-0.39, 0.29) is 133 Å². The zero-order valence-corrected chi connectivity index (χ0v) is 78.9. The Morgan fingerprint density at radius 2 is 0.646 bits per heavy atom. The van der Waals surface area contributed by atoms with E-state index in [1.807, 2.05) is 173 Å². The molecule has 0 saturated carbocycles. The molecule has 30 nitrogen and oxygen atoms in total. The van der Waals surface area contributed by atoms with Gasteiger partial charge in [0.15, 0.2) is 29.0 Å². The van der Waals surface area contributed by atoms with E-state index in [4.69, 9.17) is 25.8 Å². The zero-order chi connectivity index (χ0) is 95.9. The van der Waals surface area contributed by atoms with Gasteiger partial charge in [-0.15, -0.1) is 0 Å². The van der Waals surface area contributed by atoms with E-state index in [2.05, 4.69) is 70.7 Å². The van der Waals surface area contributed by atoms with E-state index in [1.54, 1.807) is 51.0 Å². The van der Waals surface area contributed by atoms with Crippen molar-refractivity contribution in [2.24, 2.45) is 35.5 Å². The van der Waals surface area contributed by atoms with Gasteiger partial charge in [0, 0.05) is 57.4 Å². The molecule has 0 fully saturated rings. The number of halogens is 4. The third-order valence-corrected chi connectivity index (χ3v) is 22.4. The maximum atomic E-state index is 14.2. The van der Waals surface area contributed by atoms with Crippen molar-refractivity contribution in [2.45, 2.75) is 194 Å². The van der Waals surface area contributed by atoms with Crippen LogP contribution < -0.4 is 78.0 Å². The normalized spacial score (nSPS) is 24.6. The fourth-order valence-corrected chi connectivity index (χ4v) is 15.3. The average molecular weight is 1830 g/mol. The second kappa shape index (κ2) is 51.7. The first-order valence-corrected chi connectivity index (χ1v) is 44.9. The minimum atomic E-state index is -1.15. The van der Waals surface area contributed by atoms with Crippen LogP contribution in [0.2, 0.25) is 5.02 Å². The molecule has 0 aliphatic carbocycles. The predicted molar refractivity (Wildman–Crippen MR) is 495 cm³/mol. The average Bonchev–Trinajstić information content (AvgIpc) is 0.835. The second-order valence-electron chi connectivity index (χ2n) is 36.5. The summed E-state index contributed by atoms with van der Waals surface area (Å²) in [6, 6.07) is 24.9. The number of benzene rings is 6. The molecule has 0 spiro atoms. The molecular weight excluding hydrogens is 1700 g/mol. The number of nitrogens with one attached hydrogen (secondary N) is 12. The highest BCUT2D eigenvalue weighted by Crippen LogP contribution is 2.29. The number of nitrogens with zero attached hydrogens (tertiary/aromatic N) is 3. The summed E-state index contributed by atoms with van der Waals surface area (Å²) >= 11 is 6.15. The minimum Gasteiger partial charge on any atom is -0.506 e. The molecule has 9 rings (SSSR count). The van der Waals surface area contributed by atoms with Crippen molar-refractivity contribution >= 4 is 64.8 Å². The number of phenolic OH excluding ortho intramolecular Hbond substituents is 3. The highest BCUT2D eigenvalue weighted by atomic mass is 35.5. The summed E-state index contributed by atoms with van der Waals surface area (Å²) in [5.41, 5.74) is 4.31. The van der Waals surface area contributed by atoms with Crippen LogP contribution in [0.15, 0.2) is 121 Å². The van der Waals surface area contributed by atoms with Crippen LogP contribution in [0.5, 0.6) is 34.5 Å². The maximum Gasteiger partial charge on any atom is 0.243 e. The van der Waals surface area contributed by atoms with Crippen molar-refractivity contribution in [3.05, 3.63) is 177 Å². The molecular formula is C96H137ClF3N15O15. The number of carbonyl (C=O) groups excluding carboxylic acids is 9. The van der Waals surface area contributed by atoms with Gasteiger partial charge in [0.2, 0.25) is 53.2 Å². The third-order valence-electron chi connectivity index (χ3n) is 22.1. The molecule has 0 unspecified atom stereocenters. The number of aromatic hydroxyl groups is 3.